The maximum Gasteiger partial charge on any atom is 0.236 e. The summed E-state index contributed by atoms with van der Waals surface area (Å²) >= 11 is 0. The molecule has 0 aromatic heterocycles. The Morgan fingerprint density at radius 1 is 1.30 bits per heavy atom. The summed E-state index contributed by atoms with van der Waals surface area (Å²) in [5.74, 6) is 0.954. The van der Waals surface area contributed by atoms with Crippen LogP contribution in [0.4, 0.5) is 0 Å². The van der Waals surface area contributed by atoms with Gasteiger partial charge in [-0.15, -0.1) is 0 Å². The summed E-state index contributed by atoms with van der Waals surface area (Å²) in [6.45, 7) is 4.58. The number of benzene rings is 1. The van der Waals surface area contributed by atoms with Crippen LogP contribution in [-0.4, -0.2) is 36.5 Å². The van der Waals surface area contributed by atoms with Gasteiger partial charge in [0.15, 0.2) is 0 Å². The second-order valence-electron chi connectivity index (χ2n) is 6.25. The first-order chi connectivity index (χ1) is 9.72. The van der Waals surface area contributed by atoms with Gasteiger partial charge in [0.05, 0.1) is 6.54 Å². The van der Waals surface area contributed by atoms with Crippen LogP contribution in [0.5, 0.6) is 0 Å². The van der Waals surface area contributed by atoms with Gasteiger partial charge in [-0.1, -0.05) is 29.8 Å². The van der Waals surface area contributed by atoms with Crippen LogP contribution in [0.15, 0.2) is 24.3 Å². The Morgan fingerprint density at radius 3 is 2.75 bits per heavy atom. The maximum absolute atomic E-state index is 11.9. The third-order valence-corrected chi connectivity index (χ3v) is 4.65. The lowest BCUT2D eigenvalue weighted by Crippen LogP contribution is -2.45. The molecule has 1 saturated carbocycles. The number of aryl methyl sites for hydroxylation is 1. The molecule has 1 aliphatic carbocycles. The van der Waals surface area contributed by atoms with Crippen molar-refractivity contribution >= 4 is 5.91 Å². The number of amides is 1. The van der Waals surface area contributed by atoms with E-state index in [0.717, 1.165) is 25.9 Å². The SMILES string of the molecule is Cc1cccc(C2CC(NCC(=O)N3CCCC3)C2)c1. The molecule has 1 aromatic rings. The van der Waals surface area contributed by atoms with Crippen LogP contribution in [0.2, 0.25) is 0 Å². The first-order valence-electron chi connectivity index (χ1n) is 7.80. The molecule has 0 bridgehead atoms. The Hall–Kier alpha value is -1.35. The van der Waals surface area contributed by atoms with E-state index in [4.69, 9.17) is 0 Å². The molecule has 0 radical (unpaired) electrons. The minimum Gasteiger partial charge on any atom is -0.342 e. The van der Waals surface area contributed by atoms with Gasteiger partial charge in [-0.2, -0.15) is 0 Å². The Labute approximate surface area is 121 Å². The lowest BCUT2D eigenvalue weighted by atomic mass is 9.75. The van der Waals surface area contributed by atoms with Gasteiger partial charge in [-0.3, -0.25) is 4.79 Å². The Kier molecular flexibility index (Phi) is 4.06. The summed E-state index contributed by atoms with van der Waals surface area (Å²) in [7, 11) is 0. The second kappa shape index (κ2) is 5.96. The molecule has 2 aliphatic rings. The number of nitrogens with one attached hydrogen (secondary N) is 1. The number of hydrogen-bond donors (Lipinski definition) is 1. The van der Waals surface area contributed by atoms with Gasteiger partial charge in [0.1, 0.15) is 0 Å². The van der Waals surface area contributed by atoms with Gasteiger partial charge in [0.25, 0.3) is 0 Å². The van der Waals surface area contributed by atoms with E-state index in [-0.39, 0.29) is 5.91 Å². The number of nitrogens with zero attached hydrogens (tertiary/aromatic N) is 1. The second-order valence-corrected chi connectivity index (χ2v) is 6.25. The number of likely N-dealkylation sites (tertiary alicyclic amines) is 1. The summed E-state index contributed by atoms with van der Waals surface area (Å²) in [5, 5.41) is 3.42. The van der Waals surface area contributed by atoms with Crippen molar-refractivity contribution in [2.24, 2.45) is 0 Å². The standard InChI is InChI=1S/C17H24N2O/c1-13-5-4-6-14(9-13)15-10-16(11-15)18-12-17(20)19-7-2-3-8-19/h4-6,9,15-16,18H,2-3,7-8,10-12H2,1H3. The van der Waals surface area contributed by atoms with Gasteiger partial charge >= 0.3 is 0 Å². The van der Waals surface area contributed by atoms with Gasteiger partial charge < -0.3 is 10.2 Å². The zero-order valence-corrected chi connectivity index (χ0v) is 12.3. The molecule has 2 fully saturated rings. The first kappa shape index (κ1) is 13.6. The molecule has 1 aliphatic heterocycles. The van der Waals surface area contributed by atoms with Gasteiger partial charge in [0.2, 0.25) is 5.91 Å². The molecule has 3 heteroatoms. The van der Waals surface area contributed by atoms with Gasteiger partial charge in [-0.05, 0) is 44.1 Å². The maximum atomic E-state index is 11.9. The van der Waals surface area contributed by atoms with Crippen LogP contribution < -0.4 is 5.32 Å². The Morgan fingerprint density at radius 2 is 2.05 bits per heavy atom. The summed E-state index contributed by atoms with van der Waals surface area (Å²) in [4.78, 5) is 13.9. The van der Waals surface area contributed by atoms with Crippen molar-refractivity contribution in [1.82, 2.24) is 10.2 Å². The molecule has 0 spiro atoms. The number of hydrogen-bond acceptors (Lipinski definition) is 2. The van der Waals surface area contributed by atoms with Crippen LogP contribution in [0.25, 0.3) is 0 Å². The molecular formula is C17H24N2O. The molecule has 0 unspecified atom stereocenters. The lowest BCUT2D eigenvalue weighted by molar-refractivity contribution is -0.129. The van der Waals surface area contributed by atoms with E-state index in [1.54, 1.807) is 0 Å². The molecule has 1 heterocycles. The molecule has 108 valence electrons. The summed E-state index contributed by atoms with van der Waals surface area (Å²) < 4.78 is 0. The normalized spacial score (nSPS) is 25.6. The molecule has 1 saturated heterocycles. The highest BCUT2D eigenvalue weighted by Gasteiger charge is 2.30. The van der Waals surface area contributed by atoms with Crippen LogP contribution in [0, 0.1) is 6.92 Å². The molecule has 3 rings (SSSR count). The van der Waals surface area contributed by atoms with Gasteiger partial charge in [-0.25, -0.2) is 0 Å². The van der Waals surface area contributed by atoms with Crippen molar-refractivity contribution in [2.45, 2.75) is 44.6 Å². The van der Waals surface area contributed by atoms with E-state index in [1.165, 1.54) is 24.0 Å². The third-order valence-electron chi connectivity index (χ3n) is 4.65. The summed E-state index contributed by atoms with van der Waals surface area (Å²) in [6.07, 6.45) is 4.67. The summed E-state index contributed by atoms with van der Waals surface area (Å²) in [6, 6.07) is 9.32. The van der Waals surface area contributed by atoms with E-state index in [9.17, 15) is 4.79 Å². The lowest BCUT2D eigenvalue weighted by Gasteiger charge is -2.36. The van der Waals surface area contributed by atoms with Crippen molar-refractivity contribution in [2.75, 3.05) is 19.6 Å². The van der Waals surface area contributed by atoms with E-state index in [2.05, 4.69) is 36.5 Å². The van der Waals surface area contributed by atoms with Crippen molar-refractivity contribution in [3.05, 3.63) is 35.4 Å². The fourth-order valence-corrected chi connectivity index (χ4v) is 3.29. The Balaban J connectivity index is 1.41. The molecule has 20 heavy (non-hydrogen) atoms. The predicted octanol–water partition coefficient (Wildman–Crippen LogP) is 2.45. The zero-order chi connectivity index (χ0) is 13.9. The molecule has 3 nitrogen and oxygen atoms in total. The smallest absolute Gasteiger partial charge is 0.236 e. The zero-order valence-electron chi connectivity index (χ0n) is 12.3. The first-order valence-corrected chi connectivity index (χ1v) is 7.80. The van der Waals surface area contributed by atoms with Gasteiger partial charge in [0, 0.05) is 19.1 Å². The van der Waals surface area contributed by atoms with E-state index in [0.29, 0.717) is 18.5 Å². The van der Waals surface area contributed by atoms with Crippen LogP contribution in [0.3, 0.4) is 0 Å². The highest BCUT2D eigenvalue weighted by atomic mass is 16.2. The van der Waals surface area contributed by atoms with Crippen LogP contribution in [-0.2, 0) is 4.79 Å². The summed E-state index contributed by atoms with van der Waals surface area (Å²) in [5.41, 5.74) is 2.79. The monoisotopic (exact) mass is 272 g/mol. The number of rotatable bonds is 4. The molecular weight excluding hydrogens is 248 g/mol. The van der Waals surface area contributed by atoms with Crippen molar-refractivity contribution in [1.29, 1.82) is 0 Å². The van der Waals surface area contributed by atoms with E-state index in [1.807, 2.05) is 4.90 Å². The molecule has 0 atom stereocenters. The fourth-order valence-electron chi connectivity index (χ4n) is 3.29. The van der Waals surface area contributed by atoms with Crippen LogP contribution in [0.1, 0.15) is 42.7 Å². The fraction of sp³-hybridized carbons (Fsp3) is 0.588. The quantitative estimate of drug-likeness (QED) is 0.913. The average Bonchev–Trinajstić information content (AvgIpc) is 2.90. The van der Waals surface area contributed by atoms with Crippen molar-refractivity contribution in [3.63, 3.8) is 0 Å². The minimum atomic E-state index is 0.279. The number of carbonyl (C=O) groups excluding carboxylic acids is 1. The van der Waals surface area contributed by atoms with Crippen molar-refractivity contribution in [3.8, 4) is 0 Å². The average molecular weight is 272 g/mol. The topological polar surface area (TPSA) is 32.3 Å². The highest BCUT2D eigenvalue weighted by Crippen LogP contribution is 2.36. The molecule has 1 aromatic carbocycles. The largest absolute Gasteiger partial charge is 0.342 e. The molecule has 1 N–H and O–H groups in total. The van der Waals surface area contributed by atoms with E-state index >= 15 is 0 Å². The number of carbonyl (C=O) groups is 1. The predicted molar refractivity (Wildman–Crippen MR) is 80.8 cm³/mol. The Bertz CT molecular complexity index is 474. The van der Waals surface area contributed by atoms with E-state index < -0.39 is 0 Å². The minimum absolute atomic E-state index is 0.279. The highest BCUT2D eigenvalue weighted by molar-refractivity contribution is 5.78. The van der Waals surface area contributed by atoms with Crippen molar-refractivity contribution < 1.29 is 4.79 Å². The third kappa shape index (κ3) is 3.04. The molecule has 1 amide bonds. The van der Waals surface area contributed by atoms with Crippen LogP contribution >= 0.6 is 0 Å².